The van der Waals surface area contributed by atoms with Gasteiger partial charge in [0.25, 0.3) is 0 Å². The molecular formula is C46H71N5O6. The maximum absolute atomic E-state index is 14.3. The summed E-state index contributed by atoms with van der Waals surface area (Å²) < 4.78 is 12.1. The predicted octanol–water partition coefficient (Wildman–Crippen LogP) is 5.73. The van der Waals surface area contributed by atoms with Gasteiger partial charge in [-0.15, -0.1) is 0 Å². The lowest BCUT2D eigenvalue weighted by Crippen LogP contribution is -2.59. The number of hydrogen-bond donors (Lipinski definition) is 3. The van der Waals surface area contributed by atoms with Crippen molar-refractivity contribution in [3.05, 3.63) is 77.9 Å². The molecule has 3 N–H and O–H groups in total. The zero-order chi connectivity index (χ0) is 42.2. The number of likely N-dealkylation sites (tertiary alicyclic amines) is 1. The lowest BCUT2D eigenvalue weighted by Gasteiger charge is -2.41. The number of carbonyl (C=O) groups is 4. The van der Waals surface area contributed by atoms with Crippen LogP contribution in [-0.4, -0.2) is 111 Å². The molecule has 2 aromatic rings. The van der Waals surface area contributed by atoms with E-state index in [0.717, 1.165) is 24.0 Å². The molecule has 2 aromatic carbocycles. The molecule has 1 aliphatic rings. The van der Waals surface area contributed by atoms with Crippen LogP contribution in [0.3, 0.4) is 0 Å². The normalized spacial score (nSPS) is 18.8. The Balaban J connectivity index is 1.79. The quantitative estimate of drug-likeness (QED) is 0.139. The van der Waals surface area contributed by atoms with Crippen LogP contribution in [0.15, 0.2) is 66.7 Å². The highest BCUT2D eigenvalue weighted by atomic mass is 16.5. The Morgan fingerprint density at radius 2 is 1.47 bits per heavy atom. The summed E-state index contributed by atoms with van der Waals surface area (Å²) in [6.07, 6.45) is 5.82. The average Bonchev–Trinajstić information content (AvgIpc) is 3.69. The minimum atomic E-state index is -0.754. The first-order valence-electron chi connectivity index (χ1n) is 20.9. The third kappa shape index (κ3) is 13.2. The van der Waals surface area contributed by atoms with Gasteiger partial charge in [-0.05, 0) is 55.2 Å². The first-order chi connectivity index (χ1) is 27.2. The molecule has 11 nitrogen and oxygen atoms in total. The highest BCUT2D eigenvalue weighted by Crippen LogP contribution is 2.30. The maximum Gasteiger partial charge on any atom is 0.245 e. The van der Waals surface area contributed by atoms with Crippen LogP contribution >= 0.6 is 0 Å². The molecule has 316 valence electrons. The van der Waals surface area contributed by atoms with Crippen LogP contribution in [0.2, 0.25) is 0 Å². The summed E-state index contributed by atoms with van der Waals surface area (Å²) in [5.41, 5.74) is 2.15. The molecule has 11 heteroatoms. The largest absolute Gasteiger partial charge is 0.379 e. The van der Waals surface area contributed by atoms with E-state index in [1.54, 1.807) is 33.2 Å². The van der Waals surface area contributed by atoms with Crippen molar-refractivity contribution in [1.82, 2.24) is 25.8 Å². The fourth-order valence-corrected chi connectivity index (χ4v) is 8.19. The van der Waals surface area contributed by atoms with Crippen molar-refractivity contribution < 1.29 is 28.7 Å². The third-order valence-corrected chi connectivity index (χ3v) is 11.7. The summed E-state index contributed by atoms with van der Waals surface area (Å²) in [7, 11) is 6.67. The number of carbonyl (C=O) groups excluding carboxylic acids is 4. The Bertz CT molecular complexity index is 1570. The van der Waals surface area contributed by atoms with E-state index in [0.29, 0.717) is 19.4 Å². The minimum absolute atomic E-state index is 0.00877. The summed E-state index contributed by atoms with van der Waals surface area (Å²) in [5, 5.41) is 9.33. The van der Waals surface area contributed by atoms with Crippen LogP contribution in [0.4, 0.5) is 0 Å². The van der Waals surface area contributed by atoms with Crippen molar-refractivity contribution in [2.24, 2.45) is 23.7 Å². The Hall–Kier alpha value is -4.06. The summed E-state index contributed by atoms with van der Waals surface area (Å²) in [6, 6.07) is 17.9. The molecule has 3 rings (SSSR count). The van der Waals surface area contributed by atoms with Gasteiger partial charge in [-0.1, -0.05) is 128 Å². The van der Waals surface area contributed by atoms with Gasteiger partial charge in [-0.2, -0.15) is 0 Å². The molecule has 0 spiro atoms. The molecule has 9 atom stereocenters. The Kier molecular flexibility index (Phi) is 19.4. The first kappa shape index (κ1) is 47.3. The van der Waals surface area contributed by atoms with Crippen LogP contribution in [0, 0.1) is 23.7 Å². The van der Waals surface area contributed by atoms with Gasteiger partial charge in [0.05, 0.1) is 48.7 Å². The van der Waals surface area contributed by atoms with Crippen LogP contribution in [0.5, 0.6) is 0 Å². The van der Waals surface area contributed by atoms with Gasteiger partial charge in [0.2, 0.25) is 23.6 Å². The Morgan fingerprint density at radius 1 is 0.860 bits per heavy atom. The van der Waals surface area contributed by atoms with Gasteiger partial charge in [0.15, 0.2) is 0 Å². The zero-order valence-electron chi connectivity index (χ0n) is 36.4. The number of nitrogens with zero attached hydrogens (tertiary/aromatic N) is 2. The molecule has 1 aliphatic heterocycles. The van der Waals surface area contributed by atoms with Gasteiger partial charge in [-0.25, -0.2) is 0 Å². The van der Waals surface area contributed by atoms with E-state index < -0.39 is 36.3 Å². The van der Waals surface area contributed by atoms with Crippen LogP contribution in [0.1, 0.15) is 85.3 Å². The van der Waals surface area contributed by atoms with Crippen molar-refractivity contribution in [3.63, 3.8) is 0 Å². The number of methoxy groups -OCH3 is 2. The second-order valence-electron chi connectivity index (χ2n) is 16.4. The molecule has 57 heavy (non-hydrogen) atoms. The highest BCUT2D eigenvalue weighted by molar-refractivity contribution is 5.90. The van der Waals surface area contributed by atoms with E-state index >= 15 is 0 Å². The number of rotatable bonds is 22. The molecule has 0 saturated carbocycles. The summed E-state index contributed by atoms with van der Waals surface area (Å²) >= 11 is 0. The van der Waals surface area contributed by atoms with E-state index in [2.05, 4.69) is 41.9 Å². The molecule has 0 unspecified atom stereocenters. The molecular weight excluding hydrogens is 719 g/mol. The van der Waals surface area contributed by atoms with Crippen molar-refractivity contribution in [1.29, 1.82) is 0 Å². The molecule has 0 bridgehead atoms. The number of amides is 4. The van der Waals surface area contributed by atoms with E-state index in [1.165, 1.54) is 0 Å². The number of hydrogen-bond acceptors (Lipinski definition) is 7. The summed E-state index contributed by atoms with van der Waals surface area (Å²) in [5.74, 6) is -1.39. The number of benzene rings is 2. The van der Waals surface area contributed by atoms with E-state index in [-0.39, 0.29) is 59.9 Å². The first-order valence-corrected chi connectivity index (χ1v) is 20.9. The van der Waals surface area contributed by atoms with Gasteiger partial charge in [-0.3, -0.25) is 19.2 Å². The van der Waals surface area contributed by atoms with Crippen LogP contribution in [0.25, 0.3) is 6.08 Å². The Morgan fingerprint density at radius 3 is 2.02 bits per heavy atom. The van der Waals surface area contributed by atoms with E-state index in [4.69, 9.17) is 9.47 Å². The van der Waals surface area contributed by atoms with Crippen molar-refractivity contribution in [2.75, 3.05) is 34.9 Å². The molecule has 1 saturated heterocycles. The predicted molar refractivity (Wildman–Crippen MR) is 228 cm³/mol. The van der Waals surface area contributed by atoms with Crippen molar-refractivity contribution in [2.45, 2.75) is 123 Å². The maximum atomic E-state index is 14.3. The number of ether oxygens (including phenoxy) is 2. The molecule has 1 fully saturated rings. The fraction of sp³-hybridized carbons (Fsp3) is 0.609. The molecule has 4 amide bonds. The lowest BCUT2D eigenvalue weighted by molar-refractivity contribution is -0.147. The van der Waals surface area contributed by atoms with Crippen molar-refractivity contribution in [3.8, 4) is 0 Å². The topological polar surface area (TPSA) is 129 Å². The van der Waals surface area contributed by atoms with Gasteiger partial charge in [0.1, 0.15) is 6.04 Å². The monoisotopic (exact) mass is 790 g/mol. The lowest BCUT2D eigenvalue weighted by atomic mass is 9.89. The molecule has 0 radical (unpaired) electrons. The van der Waals surface area contributed by atoms with Crippen molar-refractivity contribution >= 4 is 29.7 Å². The zero-order valence-corrected chi connectivity index (χ0v) is 36.4. The SMILES string of the molecule is CC[C@H](C)[C@@H]([C@@H](CC(=O)N1CCC[C@H]1[C@H](OC)[C@@H](C)C(=O)N[C@H](C=Cc1ccccc1)Cc1ccccc1)OC)N(C)C(=O)[C@@H](NC(=O)[C@@H](NC)C(C)C)C(C)C. The summed E-state index contributed by atoms with van der Waals surface area (Å²) in [4.78, 5) is 59.3. The van der Waals surface area contributed by atoms with Gasteiger partial charge < -0.3 is 35.2 Å². The fourth-order valence-electron chi connectivity index (χ4n) is 8.19. The summed E-state index contributed by atoms with van der Waals surface area (Å²) in [6.45, 7) is 14.3. The van der Waals surface area contributed by atoms with E-state index in [9.17, 15) is 19.2 Å². The smallest absolute Gasteiger partial charge is 0.245 e. The molecule has 0 aromatic heterocycles. The second kappa shape index (κ2) is 23.4. The van der Waals surface area contributed by atoms with E-state index in [1.807, 2.05) is 100 Å². The molecule has 1 heterocycles. The van der Waals surface area contributed by atoms with Gasteiger partial charge >= 0.3 is 0 Å². The van der Waals surface area contributed by atoms with Crippen LogP contribution < -0.4 is 16.0 Å². The van der Waals surface area contributed by atoms with Gasteiger partial charge in [0, 0.05) is 27.8 Å². The number of likely N-dealkylation sites (N-methyl/N-ethyl adjacent to an activating group) is 2. The molecule has 0 aliphatic carbocycles. The highest BCUT2D eigenvalue weighted by Gasteiger charge is 2.43. The Labute approximate surface area is 342 Å². The third-order valence-electron chi connectivity index (χ3n) is 11.7. The second-order valence-corrected chi connectivity index (χ2v) is 16.4. The average molecular weight is 790 g/mol. The van der Waals surface area contributed by atoms with Crippen LogP contribution in [-0.2, 0) is 35.1 Å². The number of nitrogens with one attached hydrogen (secondary N) is 3. The standard InChI is InChI=1S/C46H71N5O6/c1-12-32(6)42(50(9)46(55)41(31(4)5)49-45(54)40(47-8)30(2)3)38(56-10)29-39(52)51-27-19-24-37(51)43(57-11)33(7)44(53)48-36(28-35-22-17-14-18-23-35)26-25-34-20-15-13-16-21-34/h13-18,20-23,25-26,30-33,36-38,40-43,47H,12,19,24,27-29H2,1-11H3,(H,48,53)(H,49,54)/t32-,33+,36+,37-,38+,40-,41-,42-,43+/m0/s1. The minimum Gasteiger partial charge on any atom is -0.379 e.